The number of thioether (sulfide) groups is 1. The zero-order valence-corrected chi connectivity index (χ0v) is 15.5. The van der Waals surface area contributed by atoms with Gasteiger partial charge in [0, 0.05) is 29.0 Å². The van der Waals surface area contributed by atoms with Gasteiger partial charge in [-0.15, -0.1) is 11.3 Å². The maximum Gasteiger partial charge on any atom is 0.416 e. The Morgan fingerprint density at radius 2 is 1.92 bits per heavy atom. The molecule has 1 saturated heterocycles. The molecule has 3 rings (SSSR count). The summed E-state index contributed by atoms with van der Waals surface area (Å²) < 4.78 is 65.4. The number of nitrogens with zero attached hydrogens (tertiary/aromatic N) is 1. The number of thiophene rings is 1. The molecule has 25 heavy (non-hydrogen) atoms. The number of benzene rings is 1. The summed E-state index contributed by atoms with van der Waals surface area (Å²) in [6.07, 6.45) is -3.92. The van der Waals surface area contributed by atoms with Gasteiger partial charge in [-0.2, -0.15) is 29.2 Å². The molecule has 0 unspecified atom stereocenters. The van der Waals surface area contributed by atoms with E-state index >= 15 is 0 Å². The highest BCUT2D eigenvalue weighted by molar-refractivity contribution is 7.99. The van der Waals surface area contributed by atoms with Crippen molar-refractivity contribution >= 4 is 33.1 Å². The lowest BCUT2D eigenvalue weighted by Gasteiger charge is -2.20. The predicted octanol–water partition coefficient (Wildman–Crippen LogP) is 4.64. The van der Waals surface area contributed by atoms with Crippen molar-refractivity contribution in [2.45, 2.75) is 22.7 Å². The van der Waals surface area contributed by atoms with E-state index in [1.807, 2.05) is 17.5 Å². The van der Waals surface area contributed by atoms with E-state index in [-0.39, 0.29) is 10.1 Å². The predicted molar refractivity (Wildman–Crippen MR) is 94.3 cm³/mol. The maximum atomic E-state index is 12.9. The Morgan fingerprint density at radius 3 is 2.60 bits per heavy atom. The van der Waals surface area contributed by atoms with Gasteiger partial charge >= 0.3 is 6.18 Å². The highest BCUT2D eigenvalue weighted by Gasteiger charge is 2.33. The average Bonchev–Trinajstić information content (AvgIpc) is 2.98. The standard InChI is InChI=1S/C16H16F3NO2S3/c17-16(18,19)12-3-1-4-13(11-12)25(21,22)20-7-6-15(24-10-8-20)14-5-2-9-23-14/h1-5,9,11,15H,6-8,10H2/t15-/m1/s1. The van der Waals surface area contributed by atoms with E-state index in [1.165, 1.54) is 15.2 Å². The summed E-state index contributed by atoms with van der Waals surface area (Å²) in [5.41, 5.74) is -0.950. The number of hydrogen-bond donors (Lipinski definition) is 0. The van der Waals surface area contributed by atoms with Crippen LogP contribution in [-0.4, -0.2) is 31.6 Å². The Morgan fingerprint density at radius 1 is 1.12 bits per heavy atom. The second kappa shape index (κ2) is 7.30. The summed E-state index contributed by atoms with van der Waals surface area (Å²) in [6.45, 7) is 0.596. The zero-order valence-electron chi connectivity index (χ0n) is 13.1. The van der Waals surface area contributed by atoms with Crippen LogP contribution in [-0.2, 0) is 16.2 Å². The molecule has 2 heterocycles. The molecule has 0 bridgehead atoms. The van der Waals surface area contributed by atoms with Crippen LogP contribution in [0.1, 0.15) is 22.1 Å². The van der Waals surface area contributed by atoms with Gasteiger partial charge in [-0.25, -0.2) is 8.42 Å². The van der Waals surface area contributed by atoms with Crippen LogP contribution in [0.15, 0.2) is 46.7 Å². The van der Waals surface area contributed by atoms with Gasteiger partial charge < -0.3 is 0 Å². The van der Waals surface area contributed by atoms with Gasteiger partial charge in [0.25, 0.3) is 0 Å². The first-order chi connectivity index (χ1) is 11.8. The van der Waals surface area contributed by atoms with Crippen LogP contribution >= 0.6 is 23.1 Å². The fourth-order valence-electron chi connectivity index (χ4n) is 2.67. The molecule has 3 nitrogen and oxygen atoms in total. The summed E-state index contributed by atoms with van der Waals surface area (Å²) in [5.74, 6) is 0.612. The number of alkyl halides is 3. The number of rotatable bonds is 3. The highest BCUT2D eigenvalue weighted by atomic mass is 32.2. The first-order valence-corrected chi connectivity index (χ1v) is 11.0. The third-order valence-electron chi connectivity index (χ3n) is 3.96. The summed E-state index contributed by atoms with van der Waals surface area (Å²) in [4.78, 5) is 0.894. The third kappa shape index (κ3) is 4.21. The van der Waals surface area contributed by atoms with Crippen molar-refractivity contribution in [3.8, 4) is 0 Å². The van der Waals surface area contributed by atoms with Crippen molar-refractivity contribution in [3.63, 3.8) is 0 Å². The van der Waals surface area contributed by atoms with E-state index in [2.05, 4.69) is 0 Å². The molecule has 0 saturated carbocycles. The fraction of sp³-hybridized carbons (Fsp3) is 0.375. The van der Waals surface area contributed by atoms with Crippen LogP contribution in [0.4, 0.5) is 13.2 Å². The largest absolute Gasteiger partial charge is 0.416 e. The summed E-state index contributed by atoms with van der Waals surface area (Å²) in [7, 11) is -3.94. The number of halogens is 3. The molecule has 1 aliphatic heterocycles. The molecule has 0 spiro atoms. The Kier molecular flexibility index (Phi) is 5.48. The van der Waals surface area contributed by atoms with Crippen LogP contribution in [0.5, 0.6) is 0 Å². The van der Waals surface area contributed by atoms with Crippen molar-refractivity contribution in [3.05, 3.63) is 52.2 Å². The fourth-order valence-corrected chi connectivity index (χ4v) is 6.53. The lowest BCUT2D eigenvalue weighted by molar-refractivity contribution is -0.137. The summed E-state index contributed by atoms with van der Waals surface area (Å²) in [5, 5.41) is 2.21. The Balaban J connectivity index is 1.81. The molecule has 0 N–H and O–H groups in total. The van der Waals surface area contributed by atoms with Crippen LogP contribution in [0.3, 0.4) is 0 Å². The first-order valence-electron chi connectivity index (χ1n) is 7.61. The van der Waals surface area contributed by atoms with Crippen LogP contribution in [0.2, 0.25) is 0 Å². The van der Waals surface area contributed by atoms with E-state index in [4.69, 9.17) is 0 Å². The molecule has 1 atom stereocenters. The number of sulfonamides is 1. The molecule has 1 aromatic heterocycles. The molecule has 0 aliphatic carbocycles. The Labute approximate surface area is 152 Å². The molecule has 9 heteroatoms. The van der Waals surface area contributed by atoms with Crippen molar-refractivity contribution in [2.75, 3.05) is 18.8 Å². The van der Waals surface area contributed by atoms with Crippen LogP contribution in [0.25, 0.3) is 0 Å². The Bertz CT molecular complexity index is 819. The van der Waals surface area contributed by atoms with Gasteiger partial charge in [-0.3, -0.25) is 0 Å². The van der Waals surface area contributed by atoms with E-state index < -0.39 is 21.8 Å². The molecule has 1 aliphatic rings. The van der Waals surface area contributed by atoms with Crippen LogP contribution in [0, 0.1) is 0 Å². The van der Waals surface area contributed by atoms with Crippen molar-refractivity contribution in [1.82, 2.24) is 4.31 Å². The molecular weight excluding hydrogens is 391 g/mol. The topological polar surface area (TPSA) is 37.4 Å². The minimum absolute atomic E-state index is 0.224. The summed E-state index contributed by atoms with van der Waals surface area (Å²) >= 11 is 3.32. The lowest BCUT2D eigenvalue weighted by atomic mass is 10.2. The van der Waals surface area contributed by atoms with Gasteiger partial charge in [-0.1, -0.05) is 12.1 Å². The van der Waals surface area contributed by atoms with Crippen molar-refractivity contribution in [1.29, 1.82) is 0 Å². The van der Waals surface area contributed by atoms with Gasteiger partial charge in [0.15, 0.2) is 0 Å². The maximum absolute atomic E-state index is 12.9. The monoisotopic (exact) mass is 407 g/mol. The molecule has 2 aromatic rings. The second-order valence-electron chi connectivity index (χ2n) is 5.59. The van der Waals surface area contributed by atoms with E-state index in [0.717, 1.165) is 12.1 Å². The van der Waals surface area contributed by atoms with Crippen molar-refractivity contribution in [2.24, 2.45) is 0 Å². The minimum Gasteiger partial charge on any atom is -0.207 e. The molecule has 136 valence electrons. The van der Waals surface area contributed by atoms with Crippen LogP contribution < -0.4 is 0 Å². The van der Waals surface area contributed by atoms with Gasteiger partial charge in [-0.05, 0) is 36.1 Å². The smallest absolute Gasteiger partial charge is 0.207 e. The quantitative estimate of drug-likeness (QED) is 0.744. The van der Waals surface area contributed by atoms with E-state index in [9.17, 15) is 21.6 Å². The lowest BCUT2D eigenvalue weighted by Crippen LogP contribution is -2.33. The first kappa shape index (κ1) is 18.8. The molecule has 0 amide bonds. The van der Waals surface area contributed by atoms with E-state index in [1.54, 1.807) is 23.1 Å². The average molecular weight is 408 g/mol. The minimum atomic E-state index is -4.57. The summed E-state index contributed by atoms with van der Waals surface area (Å²) in [6, 6.07) is 7.94. The number of hydrogen-bond acceptors (Lipinski definition) is 4. The second-order valence-corrected chi connectivity index (χ2v) is 9.82. The molecular formula is C16H16F3NO2S3. The normalized spacial score (nSPS) is 20.4. The molecule has 0 radical (unpaired) electrons. The van der Waals surface area contributed by atoms with Gasteiger partial charge in [0.05, 0.1) is 10.5 Å². The highest BCUT2D eigenvalue weighted by Crippen LogP contribution is 2.38. The molecule has 1 fully saturated rings. The Hall–Kier alpha value is -1.03. The van der Waals surface area contributed by atoms with Gasteiger partial charge in [0.2, 0.25) is 10.0 Å². The van der Waals surface area contributed by atoms with E-state index in [0.29, 0.717) is 31.3 Å². The molecule has 1 aromatic carbocycles. The van der Waals surface area contributed by atoms with Gasteiger partial charge in [0.1, 0.15) is 0 Å². The third-order valence-corrected chi connectivity index (χ3v) is 8.30. The zero-order chi connectivity index (χ0) is 18.1. The van der Waals surface area contributed by atoms with Crippen molar-refractivity contribution < 1.29 is 21.6 Å². The SMILES string of the molecule is O=S(=O)(c1cccc(C(F)(F)F)c1)N1CCS[C@@H](c2cccs2)CC1.